The summed E-state index contributed by atoms with van der Waals surface area (Å²) in [5.74, 6) is -1.06. The summed E-state index contributed by atoms with van der Waals surface area (Å²) in [5.41, 5.74) is 3.82. The lowest BCUT2D eigenvalue weighted by molar-refractivity contribution is -0.132. The first-order chi connectivity index (χ1) is 21.1. The van der Waals surface area contributed by atoms with Crippen molar-refractivity contribution in [3.05, 3.63) is 103 Å². The molecular weight excluding hydrogens is 553 g/mol. The number of anilines is 1. The summed E-state index contributed by atoms with van der Waals surface area (Å²) in [7, 11) is 1.72. The van der Waals surface area contributed by atoms with Gasteiger partial charge in [0.25, 0.3) is 5.91 Å². The quantitative estimate of drug-likeness (QED) is 0.114. The summed E-state index contributed by atoms with van der Waals surface area (Å²) in [4.78, 5) is 36.2. The molecule has 3 aromatic rings. The average Bonchev–Trinajstić information content (AvgIpc) is 3.46. The number of rotatable bonds is 11. The summed E-state index contributed by atoms with van der Waals surface area (Å²) < 4.78 is 13.2. The van der Waals surface area contributed by atoms with Crippen molar-refractivity contribution in [2.45, 2.75) is 40.2 Å². The molecule has 1 fully saturated rings. The van der Waals surface area contributed by atoms with Gasteiger partial charge in [-0.3, -0.25) is 14.5 Å². The Morgan fingerprint density at radius 1 is 1.05 bits per heavy atom. The van der Waals surface area contributed by atoms with Crippen LogP contribution < -0.4 is 10.2 Å². The Bertz CT molecular complexity index is 1430. The third-order valence-electron chi connectivity index (χ3n) is 8.19. The van der Waals surface area contributed by atoms with Crippen LogP contribution in [0.5, 0.6) is 0 Å². The van der Waals surface area contributed by atoms with Gasteiger partial charge in [-0.05, 0) is 69.6 Å². The van der Waals surface area contributed by atoms with Crippen LogP contribution in [0.1, 0.15) is 45.7 Å². The topological polar surface area (TPSA) is 71.7 Å². The number of benzene rings is 2. The number of halogens is 1. The standard InChI is InChI=1S/C32H40FN5O2.C4H8/c1-22(2)23(3)32(40)36(5)30(28-21-35-29-10-7-6-9-27(28)29)24(4)31(39)34-15-8-16-37-17-19-38(20-18-37)26-13-11-25(33)12-14-26;1-3-4-2/h6-7,9-14,21,24,30,35H,1,3,8,15-20H2,2,4-5H3,(H,34,39);3-4H,1-2H3/b;4-3-. The van der Waals surface area contributed by atoms with Crippen molar-refractivity contribution in [3.63, 3.8) is 0 Å². The summed E-state index contributed by atoms with van der Waals surface area (Å²) in [6, 6.07) is 14.0. The predicted molar refractivity (Wildman–Crippen MR) is 180 cm³/mol. The van der Waals surface area contributed by atoms with E-state index in [-0.39, 0.29) is 17.6 Å². The number of hydrogen-bond acceptors (Lipinski definition) is 4. The highest BCUT2D eigenvalue weighted by atomic mass is 19.1. The minimum absolute atomic E-state index is 0.100. The molecule has 2 N–H and O–H groups in total. The van der Waals surface area contributed by atoms with E-state index in [0.717, 1.165) is 61.3 Å². The van der Waals surface area contributed by atoms with Crippen molar-refractivity contribution in [3.8, 4) is 0 Å². The number of carbonyl (C=O) groups excluding carboxylic acids is 2. The van der Waals surface area contributed by atoms with Crippen LogP contribution in [0.2, 0.25) is 0 Å². The fraction of sp³-hybridized carbons (Fsp3) is 0.389. The Hall–Kier alpha value is -4.17. The van der Waals surface area contributed by atoms with Crippen LogP contribution in [0.15, 0.2) is 91.2 Å². The summed E-state index contributed by atoms with van der Waals surface area (Å²) in [6.07, 6.45) is 6.71. The van der Waals surface area contributed by atoms with E-state index in [1.54, 1.807) is 18.9 Å². The van der Waals surface area contributed by atoms with Gasteiger partial charge >= 0.3 is 0 Å². The number of carbonyl (C=O) groups is 2. The van der Waals surface area contributed by atoms with Crippen molar-refractivity contribution in [1.82, 2.24) is 20.1 Å². The molecule has 7 nitrogen and oxygen atoms in total. The second kappa shape index (κ2) is 16.6. The molecule has 0 spiro atoms. The number of likely N-dealkylation sites (N-methyl/N-ethyl adjacent to an activating group) is 1. The zero-order valence-corrected chi connectivity index (χ0v) is 26.9. The van der Waals surface area contributed by atoms with E-state index in [4.69, 9.17) is 0 Å². The lowest BCUT2D eigenvalue weighted by atomic mass is 9.91. The van der Waals surface area contributed by atoms with E-state index in [9.17, 15) is 14.0 Å². The van der Waals surface area contributed by atoms with Crippen molar-refractivity contribution >= 4 is 28.4 Å². The van der Waals surface area contributed by atoms with E-state index in [0.29, 0.717) is 17.7 Å². The maximum atomic E-state index is 13.4. The van der Waals surface area contributed by atoms with Gasteiger partial charge in [-0.2, -0.15) is 0 Å². The van der Waals surface area contributed by atoms with E-state index in [1.807, 2.05) is 75.5 Å². The maximum absolute atomic E-state index is 13.4. The first kappa shape index (κ1) is 34.3. The lowest BCUT2D eigenvalue weighted by Gasteiger charge is -2.36. The number of para-hydroxylation sites is 1. The molecule has 1 aromatic heterocycles. The number of amides is 2. The molecular formula is C36H48FN5O2. The molecule has 0 bridgehead atoms. The van der Waals surface area contributed by atoms with Crippen LogP contribution in [0.4, 0.5) is 10.1 Å². The van der Waals surface area contributed by atoms with Crippen molar-refractivity contribution in [2.24, 2.45) is 5.92 Å². The molecule has 0 aliphatic carbocycles. The van der Waals surface area contributed by atoms with Crippen molar-refractivity contribution in [1.29, 1.82) is 0 Å². The first-order valence-electron chi connectivity index (χ1n) is 15.3. The molecule has 2 amide bonds. The Morgan fingerprint density at radius 2 is 1.68 bits per heavy atom. The van der Waals surface area contributed by atoms with Gasteiger partial charge in [-0.25, -0.2) is 4.39 Å². The van der Waals surface area contributed by atoms with Crippen LogP contribution in [0, 0.1) is 11.7 Å². The van der Waals surface area contributed by atoms with Gasteiger partial charge in [0.2, 0.25) is 5.91 Å². The van der Waals surface area contributed by atoms with Gasteiger partial charge in [0, 0.05) is 73.7 Å². The normalized spacial score (nSPS) is 14.9. The van der Waals surface area contributed by atoms with Gasteiger partial charge in [0.15, 0.2) is 0 Å². The van der Waals surface area contributed by atoms with Gasteiger partial charge < -0.3 is 20.1 Å². The van der Waals surface area contributed by atoms with Crippen molar-refractivity contribution in [2.75, 3.05) is 51.2 Å². The molecule has 4 rings (SSSR count). The number of aromatic amines is 1. The van der Waals surface area contributed by atoms with Gasteiger partial charge in [0.05, 0.1) is 12.0 Å². The minimum Gasteiger partial charge on any atom is -0.369 e. The number of hydrogen-bond donors (Lipinski definition) is 2. The lowest BCUT2D eigenvalue weighted by Crippen LogP contribution is -2.47. The molecule has 0 saturated carbocycles. The fourth-order valence-corrected chi connectivity index (χ4v) is 5.37. The second-order valence-electron chi connectivity index (χ2n) is 11.3. The number of piperazine rings is 1. The molecule has 2 aromatic carbocycles. The van der Waals surface area contributed by atoms with Crippen LogP contribution in [0.25, 0.3) is 10.9 Å². The molecule has 236 valence electrons. The van der Waals surface area contributed by atoms with E-state index < -0.39 is 12.0 Å². The van der Waals surface area contributed by atoms with Crippen LogP contribution in [-0.4, -0.2) is 72.9 Å². The van der Waals surface area contributed by atoms with Crippen LogP contribution in [0.3, 0.4) is 0 Å². The highest BCUT2D eigenvalue weighted by molar-refractivity contribution is 5.98. The molecule has 1 aliphatic rings. The zero-order chi connectivity index (χ0) is 32.2. The number of fused-ring (bicyclic) bond motifs is 1. The second-order valence-corrected chi connectivity index (χ2v) is 11.3. The molecule has 44 heavy (non-hydrogen) atoms. The minimum atomic E-state index is -0.495. The number of nitrogens with zero attached hydrogens (tertiary/aromatic N) is 3. The largest absolute Gasteiger partial charge is 0.369 e. The molecule has 1 saturated heterocycles. The fourth-order valence-electron chi connectivity index (χ4n) is 5.37. The number of H-pyrrole nitrogens is 1. The molecule has 2 heterocycles. The maximum Gasteiger partial charge on any atom is 0.253 e. The number of allylic oxidation sites excluding steroid dienone is 2. The Morgan fingerprint density at radius 3 is 2.30 bits per heavy atom. The number of aromatic nitrogens is 1. The highest BCUT2D eigenvalue weighted by Crippen LogP contribution is 2.34. The summed E-state index contributed by atoms with van der Waals surface area (Å²) in [6.45, 7) is 20.5. The molecule has 1 aliphatic heterocycles. The Balaban J connectivity index is 0.00000124. The Kier molecular flexibility index (Phi) is 13.0. The number of nitrogens with one attached hydrogen (secondary N) is 2. The van der Waals surface area contributed by atoms with E-state index in [2.05, 4.69) is 33.3 Å². The molecule has 2 unspecified atom stereocenters. The SMILES string of the molecule is C/C=C\C.C=C(C)C(=C)C(=O)N(C)C(c1c[nH]c2ccccc12)C(C)C(=O)NCCCN1CCN(c2ccc(F)cc2)CC1. The van der Waals surface area contributed by atoms with Gasteiger partial charge in [-0.1, -0.05) is 50.4 Å². The molecule has 8 heteroatoms. The summed E-state index contributed by atoms with van der Waals surface area (Å²) >= 11 is 0. The van der Waals surface area contributed by atoms with Crippen molar-refractivity contribution < 1.29 is 14.0 Å². The zero-order valence-electron chi connectivity index (χ0n) is 26.9. The molecule has 2 atom stereocenters. The Labute approximate surface area is 262 Å². The van der Waals surface area contributed by atoms with Gasteiger partial charge in [0.1, 0.15) is 5.82 Å². The highest BCUT2D eigenvalue weighted by Gasteiger charge is 2.34. The van der Waals surface area contributed by atoms with Crippen LogP contribution in [-0.2, 0) is 9.59 Å². The van der Waals surface area contributed by atoms with Crippen LogP contribution >= 0.6 is 0 Å². The third-order valence-corrected chi connectivity index (χ3v) is 8.19. The van der Waals surface area contributed by atoms with Gasteiger partial charge in [-0.15, -0.1) is 0 Å². The summed E-state index contributed by atoms with van der Waals surface area (Å²) in [5, 5.41) is 4.08. The average molecular weight is 602 g/mol. The van der Waals surface area contributed by atoms with E-state index >= 15 is 0 Å². The first-order valence-corrected chi connectivity index (χ1v) is 15.3. The van der Waals surface area contributed by atoms with E-state index in [1.165, 1.54) is 12.1 Å². The molecule has 0 radical (unpaired) electrons. The smallest absolute Gasteiger partial charge is 0.253 e. The third kappa shape index (κ3) is 8.92. The predicted octanol–water partition coefficient (Wildman–Crippen LogP) is 6.49. The monoisotopic (exact) mass is 601 g/mol.